The van der Waals surface area contributed by atoms with Gasteiger partial charge in [0.15, 0.2) is 6.10 Å². The summed E-state index contributed by atoms with van der Waals surface area (Å²) in [5.74, 6) is -2.02. The number of ether oxygens (including phenoxy) is 4. The van der Waals surface area contributed by atoms with Crippen LogP contribution < -0.4 is 0 Å². The first-order valence-electron chi connectivity index (χ1n) is 22.5. The van der Waals surface area contributed by atoms with Crippen molar-refractivity contribution in [1.29, 1.82) is 0 Å². The number of allylic oxidation sites excluding steroid dienone is 4. The molecule has 2 atom stereocenters. The molecular weight excluding hydrogens is 695 g/mol. The quantitative estimate of drug-likeness (QED) is 0.0215. The van der Waals surface area contributed by atoms with Crippen molar-refractivity contribution in [3.8, 4) is 0 Å². The van der Waals surface area contributed by atoms with Crippen LogP contribution in [0.4, 0.5) is 0 Å². The number of rotatable bonds is 41. The summed E-state index contributed by atoms with van der Waals surface area (Å²) < 4.78 is 22.7. The molecule has 9 heteroatoms. The maximum atomic E-state index is 12.7. The second-order valence-corrected chi connectivity index (χ2v) is 16.4. The highest BCUT2D eigenvalue weighted by Crippen LogP contribution is 2.15. The van der Waals surface area contributed by atoms with E-state index in [-0.39, 0.29) is 32.2 Å². The molecule has 0 saturated carbocycles. The lowest BCUT2D eigenvalue weighted by Crippen LogP contribution is -2.40. The Balaban J connectivity index is 4.43. The maximum absolute atomic E-state index is 12.7. The van der Waals surface area contributed by atoms with E-state index in [0.29, 0.717) is 23.9 Å². The molecular formula is C46H86NO8+. The van der Waals surface area contributed by atoms with Crippen LogP contribution in [-0.4, -0.2) is 87.4 Å². The first kappa shape index (κ1) is 52.8. The molecule has 0 aliphatic carbocycles. The number of carboxylic acids is 1. The van der Waals surface area contributed by atoms with Crippen LogP contribution in [0.15, 0.2) is 24.3 Å². The summed E-state index contributed by atoms with van der Waals surface area (Å²) in [6.45, 7) is 4.82. The van der Waals surface area contributed by atoms with Gasteiger partial charge in [0, 0.05) is 12.8 Å². The van der Waals surface area contributed by atoms with Crippen LogP contribution in [0, 0.1) is 0 Å². The molecule has 0 amide bonds. The Morgan fingerprint density at radius 3 is 1.49 bits per heavy atom. The molecule has 0 heterocycles. The van der Waals surface area contributed by atoms with Crippen molar-refractivity contribution in [2.45, 2.75) is 206 Å². The average Bonchev–Trinajstić information content (AvgIpc) is 3.14. The van der Waals surface area contributed by atoms with Gasteiger partial charge in [-0.3, -0.25) is 9.59 Å². The van der Waals surface area contributed by atoms with E-state index in [2.05, 4.69) is 38.2 Å². The van der Waals surface area contributed by atoms with Gasteiger partial charge < -0.3 is 28.5 Å². The zero-order chi connectivity index (χ0) is 40.7. The lowest BCUT2D eigenvalue weighted by Gasteiger charge is -2.25. The minimum absolute atomic E-state index is 0.184. The molecule has 0 fully saturated rings. The number of unbranched alkanes of at least 4 members (excludes halogenated alkanes) is 22. The molecule has 0 aliphatic heterocycles. The van der Waals surface area contributed by atoms with Crippen molar-refractivity contribution in [3.63, 3.8) is 0 Å². The standard InChI is InChI=1S/C46H85NO8/c1-6-8-10-12-14-16-18-20-22-23-25-26-28-30-32-34-36-43(48)53-40-42(41-54-46(45(50)51)52-39-38-47(3,4)5)55-44(49)37-35-33-31-29-27-24-21-19-17-15-13-11-9-7-2/h13,15,19,21,42,46H,6-12,14,16-18,20,22-41H2,1-5H3/p+1/b15-13-,21-19-. The molecule has 322 valence electrons. The number of hydrogen-bond donors (Lipinski definition) is 1. The van der Waals surface area contributed by atoms with Crippen LogP contribution in [0.25, 0.3) is 0 Å². The zero-order valence-electron chi connectivity index (χ0n) is 36.3. The van der Waals surface area contributed by atoms with E-state index in [1.54, 1.807) is 0 Å². The third-order valence-electron chi connectivity index (χ3n) is 9.71. The highest BCUT2D eigenvalue weighted by atomic mass is 16.7. The van der Waals surface area contributed by atoms with E-state index in [0.717, 1.165) is 64.2 Å². The second kappa shape index (κ2) is 38.6. The lowest BCUT2D eigenvalue weighted by molar-refractivity contribution is -0.870. The van der Waals surface area contributed by atoms with Gasteiger partial charge in [-0.05, 0) is 38.5 Å². The Morgan fingerprint density at radius 2 is 1.00 bits per heavy atom. The Bertz CT molecular complexity index is 960. The fourth-order valence-corrected chi connectivity index (χ4v) is 6.15. The van der Waals surface area contributed by atoms with Crippen LogP contribution >= 0.6 is 0 Å². The summed E-state index contributed by atoms with van der Waals surface area (Å²) >= 11 is 0. The largest absolute Gasteiger partial charge is 0.477 e. The van der Waals surface area contributed by atoms with Gasteiger partial charge in [-0.1, -0.05) is 167 Å². The summed E-state index contributed by atoms with van der Waals surface area (Å²) in [4.78, 5) is 37.1. The first-order chi connectivity index (χ1) is 26.6. The average molecular weight is 781 g/mol. The van der Waals surface area contributed by atoms with E-state index in [1.165, 1.54) is 96.3 Å². The van der Waals surface area contributed by atoms with E-state index >= 15 is 0 Å². The molecule has 0 aromatic rings. The zero-order valence-corrected chi connectivity index (χ0v) is 36.3. The minimum atomic E-state index is -1.51. The van der Waals surface area contributed by atoms with Gasteiger partial charge in [0.05, 0.1) is 34.4 Å². The highest BCUT2D eigenvalue weighted by Gasteiger charge is 2.25. The molecule has 0 rings (SSSR count). The monoisotopic (exact) mass is 781 g/mol. The number of esters is 2. The van der Waals surface area contributed by atoms with E-state index in [1.807, 2.05) is 21.1 Å². The second-order valence-electron chi connectivity index (χ2n) is 16.4. The highest BCUT2D eigenvalue weighted by molar-refractivity contribution is 5.71. The van der Waals surface area contributed by atoms with Gasteiger partial charge >= 0.3 is 17.9 Å². The van der Waals surface area contributed by atoms with E-state index in [4.69, 9.17) is 18.9 Å². The van der Waals surface area contributed by atoms with Crippen molar-refractivity contribution in [1.82, 2.24) is 0 Å². The molecule has 0 saturated heterocycles. The number of hydrogen-bond acceptors (Lipinski definition) is 7. The van der Waals surface area contributed by atoms with Crippen LogP contribution in [0.1, 0.15) is 194 Å². The summed E-state index contributed by atoms with van der Waals surface area (Å²) in [7, 11) is 5.95. The topological polar surface area (TPSA) is 108 Å². The maximum Gasteiger partial charge on any atom is 0.361 e. The van der Waals surface area contributed by atoms with Crippen molar-refractivity contribution in [2.24, 2.45) is 0 Å². The number of carboxylic acid groups (broad SMARTS) is 1. The molecule has 0 aromatic heterocycles. The first-order valence-corrected chi connectivity index (χ1v) is 22.5. The third kappa shape index (κ3) is 39.8. The van der Waals surface area contributed by atoms with Crippen LogP contribution in [-0.2, 0) is 33.3 Å². The van der Waals surface area contributed by atoms with Crippen molar-refractivity contribution in [3.05, 3.63) is 24.3 Å². The smallest absolute Gasteiger partial charge is 0.361 e. The molecule has 0 bridgehead atoms. The van der Waals surface area contributed by atoms with Crippen molar-refractivity contribution < 1.29 is 42.9 Å². The number of likely N-dealkylation sites (N-methyl/N-ethyl adjacent to an activating group) is 1. The van der Waals surface area contributed by atoms with Crippen molar-refractivity contribution in [2.75, 3.05) is 47.5 Å². The van der Waals surface area contributed by atoms with Gasteiger partial charge in [0.25, 0.3) is 6.29 Å². The van der Waals surface area contributed by atoms with E-state index < -0.39 is 24.3 Å². The van der Waals surface area contributed by atoms with Gasteiger partial charge in [-0.2, -0.15) is 0 Å². The summed E-state index contributed by atoms with van der Waals surface area (Å²) in [6, 6.07) is 0. The van der Waals surface area contributed by atoms with Crippen LogP contribution in [0.3, 0.4) is 0 Å². The normalized spacial score (nSPS) is 13.1. The third-order valence-corrected chi connectivity index (χ3v) is 9.71. The van der Waals surface area contributed by atoms with Gasteiger partial charge in [0.2, 0.25) is 0 Å². The van der Waals surface area contributed by atoms with Crippen molar-refractivity contribution >= 4 is 17.9 Å². The Hall–Kier alpha value is -2.23. The molecule has 0 aromatic carbocycles. The Kier molecular flexibility index (Phi) is 37.1. The number of nitrogens with zero attached hydrogens (tertiary/aromatic N) is 1. The van der Waals surface area contributed by atoms with E-state index in [9.17, 15) is 19.5 Å². The fraction of sp³-hybridized carbons (Fsp3) is 0.848. The number of quaternary nitrogens is 1. The van der Waals surface area contributed by atoms with Gasteiger partial charge in [-0.15, -0.1) is 0 Å². The number of carbonyl (C=O) groups excluding carboxylic acids is 2. The Morgan fingerprint density at radius 1 is 0.545 bits per heavy atom. The molecule has 9 nitrogen and oxygen atoms in total. The summed E-state index contributed by atoms with van der Waals surface area (Å²) in [6.07, 6.45) is 38.0. The van der Waals surface area contributed by atoms with Crippen LogP contribution in [0.2, 0.25) is 0 Å². The van der Waals surface area contributed by atoms with Gasteiger partial charge in [-0.25, -0.2) is 4.79 Å². The number of aliphatic carboxylic acids is 1. The SMILES string of the molecule is CCCC/C=C\C/C=C\CCCCCCCC(=O)OC(COC(=O)CCCCCCCCCCCCCCCCCC)COC(OCC[N+](C)(C)C)C(=O)O. The molecule has 1 N–H and O–H groups in total. The molecule has 2 unspecified atom stereocenters. The molecule has 0 radical (unpaired) electrons. The molecule has 0 spiro atoms. The predicted molar refractivity (Wildman–Crippen MR) is 226 cm³/mol. The summed E-state index contributed by atoms with van der Waals surface area (Å²) in [5, 5.41) is 9.62. The van der Waals surface area contributed by atoms with Crippen LogP contribution in [0.5, 0.6) is 0 Å². The molecule has 55 heavy (non-hydrogen) atoms. The fourth-order valence-electron chi connectivity index (χ4n) is 6.15. The summed E-state index contributed by atoms with van der Waals surface area (Å²) in [5.41, 5.74) is 0. The number of carbonyl (C=O) groups is 3. The minimum Gasteiger partial charge on any atom is -0.477 e. The predicted octanol–water partition coefficient (Wildman–Crippen LogP) is 11.7. The van der Waals surface area contributed by atoms with Gasteiger partial charge in [0.1, 0.15) is 13.2 Å². The Labute approximate surface area is 337 Å². The molecule has 0 aliphatic rings. The lowest BCUT2D eigenvalue weighted by atomic mass is 10.0.